The molecule has 0 spiro atoms. The highest BCUT2D eigenvalue weighted by atomic mass is 32.1. The first-order valence-corrected chi connectivity index (χ1v) is 33.5. The van der Waals surface area contributed by atoms with Gasteiger partial charge < -0.3 is 14.7 Å². The summed E-state index contributed by atoms with van der Waals surface area (Å²) in [5, 5.41) is 1.33. The maximum Gasteiger partial charge on any atom is 0.264 e. The summed E-state index contributed by atoms with van der Waals surface area (Å²) in [7, 11) is 0. The van der Waals surface area contributed by atoms with Crippen LogP contribution in [0, 0.1) is 6.92 Å². The lowest BCUT2D eigenvalue weighted by atomic mass is 9.36. The van der Waals surface area contributed by atoms with Crippen molar-refractivity contribution in [1.82, 2.24) is 0 Å². The molecule has 0 N–H and O–H groups in total. The number of rotatable bonds is 6. The first kappa shape index (κ1) is 61.4. The van der Waals surface area contributed by atoms with Gasteiger partial charge >= 0.3 is 0 Å². The fourth-order valence-corrected chi connectivity index (χ4v) is 15.5. The van der Waals surface area contributed by atoms with Crippen LogP contribution >= 0.6 is 11.3 Å². The first-order chi connectivity index (χ1) is 40.8. The third kappa shape index (κ3) is 10.8. The van der Waals surface area contributed by atoms with E-state index in [1.165, 1.54) is 128 Å². The van der Waals surface area contributed by atoms with Crippen LogP contribution in [0.25, 0.3) is 21.2 Å². The fourth-order valence-electron chi connectivity index (χ4n) is 14.2. The summed E-state index contributed by atoms with van der Waals surface area (Å²) in [5.41, 5.74) is 28.0. The maximum atomic E-state index is 2.72. The Morgan fingerprint density at radius 3 is 1.42 bits per heavy atom. The average molecular weight is 1180 g/mol. The first-order valence-electron chi connectivity index (χ1n) is 32.7. The van der Waals surface area contributed by atoms with Gasteiger partial charge in [0.15, 0.2) is 0 Å². The number of hydrogen-bond acceptors (Lipinski definition) is 4. The van der Waals surface area contributed by atoms with Gasteiger partial charge in [0.25, 0.3) is 6.71 Å². The number of hydrogen-bond donors (Lipinski definition) is 0. The topological polar surface area (TPSA) is 9.72 Å². The quantitative estimate of drug-likeness (QED) is 0.154. The molecular weight excluding hydrogens is 1080 g/mol. The van der Waals surface area contributed by atoms with Gasteiger partial charge in [-0.2, -0.15) is 0 Å². The van der Waals surface area contributed by atoms with Crippen molar-refractivity contribution in [1.29, 1.82) is 0 Å². The minimum atomic E-state index is -0.0997. The molecule has 9 aromatic rings. The Balaban J connectivity index is 1.21. The molecule has 1 aromatic heterocycles. The number of benzene rings is 8. The van der Waals surface area contributed by atoms with E-state index in [4.69, 9.17) is 0 Å². The summed E-state index contributed by atoms with van der Waals surface area (Å²) in [6.07, 6.45) is 2.33. The molecule has 0 unspecified atom stereocenters. The second-order valence-electron chi connectivity index (χ2n) is 34.0. The van der Waals surface area contributed by atoms with Crippen LogP contribution in [0.4, 0.5) is 51.2 Å². The average Bonchev–Trinajstić information content (AvgIpc) is 1.24. The van der Waals surface area contributed by atoms with E-state index < -0.39 is 0 Å². The molecule has 3 nitrogen and oxygen atoms in total. The van der Waals surface area contributed by atoms with Gasteiger partial charge in [-0.3, -0.25) is 0 Å². The molecule has 5 heteroatoms. The molecule has 0 saturated carbocycles. The predicted molar refractivity (Wildman–Crippen MR) is 388 cm³/mol. The summed E-state index contributed by atoms with van der Waals surface area (Å²) in [6, 6.07) is 61.1. The highest BCUT2D eigenvalue weighted by molar-refractivity contribution is 7.33. The van der Waals surface area contributed by atoms with E-state index in [1.54, 1.807) is 0 Å². The van der Waals surface area contributed by atoms with Crippen LogP contribution in [-0.2, 0) is 43.3 Å². The van der Waals surface area contributed by atoms with Crippen molar-refractivity contribution in [3.63, 3.8) is 0 Å². The van der Waals surface area contributed by atoms with Crippen molar-refractivity contribution in [2.24, 2.45) is 0 Å². The zero-order valence-corrected chi connectivity index (χ0v) is 58.5. The summed E-state index contributed by atoms with van der Waals surface area (Å²) in [6.45, 7) is 54.4. The SMILES string of the molecule is Cc1cc2c3c(c1)N(c1ccc4c(c1)C(C)(C)CCC4(C)C)c1c(sc4ccc(C(C)(C)C)cc14)B3c1ccc(N(c3ccc(C(C)(C)C)cc3)c3ccc(C(C)(C)C)cc3)cc1N2c1ccc(C(C)(C)C)cc1-c1cc(C(C)(C)C)cc(C(C)(C)C)c1. The molecule has 0 fully saturated rings. The zero-order chi connectivity index (χ0) is 63.5. The third-order valence-corrected chi connectivity index (χ3v) is 21.3. The van der Waals surface area contributed by atoms with Crippen LogP contribution in [0.15, 0.2) is 152 Å². The zero-order valence-electron chi connectivity index (χ0n) is 57.7. The molecule has 0 atom stereocenters. The standard InChI is InChI=1S/C83H98BN3S/c1-51-42-70-73-71(43-51)87(68-38-28-55(78(8,9)10)47-63(68)52-44-57(80(14,15)16)46-58(45-52)81(17,18)19)69-50-62(85(59-30-24-53(25-31-59)76(2,3)4)60-32-26-54(27-33-60)77(5,6)7)35-37-67(69)84(73)75-74(64-48-56(79(11,12)13)29-39-72(64)88-75)86(70)61-34-36-65-66(49-61)83(22,23)41-40-82(65,20)21/h24-39,42-50H,40-41H2,1-23H3. The number of fused-ring (bicyclic) bond motifs is 7. The van der Waals surface area contributed by atoms with Crippen LogP contribution in [-0.4, -0.2) is 6.71 Å². The Bertz CT molecular complexity index is 4130. The lowest BCUT2D eigenvalue weighted by molar-refractivity contribution is 0.332. The van der Waals surface area contributed by atoms with Gasteiger partial charge in [-0.15, -0.1) is 11.3 Å². The molecule has 1 aliphatic carbocycles. The minimum absolute atomic E-state index is 0.0114. The lowest BCUT2D eigenvalue weighted by Crippen LogP contribution is -2.60. The Hall–Kier alpha value is -6.82. The summed E-state index contributed by atoms with van der Waals surface area (Å²) in [5.74, 6) is 0. The van der Waals surface area contributed by atoms with E-state index in [0.29, 0.717) is 0 Å². The van der Waals surface area contributed by atoms with Gasteiger partial charge in [-0.05, 0) is 215 Å². The molecule has 0 amide bonds. The summed E-state index contributed by atoms with van der Waals surface area (Å²) < 4.78 is 2.72. The highest BCUT2D eigenvalue weighted by Gasteiger charge is 2.47. The number of nitrogens with zero attached hydrogens (tertiary/aromatic N) is 3. The molecule has 0 bridgehead atoms. The van der Waals surface area contributed by atoms with Crippen LogP contribution in [0.3, 0.4) is 0 Å². The number of aryl methyl sites for hydroxylation is 1. The molecule has 8 aromatic carbocycles. The lowest BCUT2D eigenvalue weighted by Gasteiger charge is -2.45. The molecule has 3 heterocycles. The van der Waals surface area contributed by atoms with E-state index in [-0.39, 0.29) is 50.0 Å². The van der Waals surface area contributed by atoms with Crippen molar-refractivity contribution in [2.75, 3.05) is 14.7 Å². The van der Waals surface area contributed by atoms with Gasteiger partial charge in [-0.1, -0.05) is 219 Å². The van der Waals surface area contributed by atoms with E-state index in [9.17, 15) is 0 Å². The molecule has 2 aliphatic heterocycles. The molecule has 88 heavy (non-hydrogen) atoms. The van der Waals surface area contributed by atoms with Gasteiger partial charge in [-0.25, -0.2) is 0 Å². The number of thiophene rings is 1. The fraction of sp³-hybridized carbons (Fsp3) is 0.398. The summed E-state index contributed by atoms with van der Waals surface area (Å²) in [4.78, 5) is 7.93. The van der Waals surface area contributed by atoms with Crippen molar-refractivity contribution in [3.05, 3.63) is 202 Å². The van der Waals surface area contributed by atoms with E-state index in [1.807, 2.05) is 11.3 Å². The van der Waals surface area contributed by atoms with Gasteiger partial charge in [0, 0.05) is 60.2 Å². The van der Waals surface area contributed by atoms with Crippen LogP contribution < -0.4 is 30.4 Å². The largest absolute Gasteiger partial charge is 0.311 e. The maximum absolute atomic E-state index is 2.72. The van der Waals surface area contributed by atoms with Crippen molar-refractivity contribution in [3.8, 4) is 11.1 Å². The van der Waals surface area contributed by atoms with Crippen LogP contribution in [0.5, 0.6) is 0 Å². The smallest absolute Gasteiger partial charge is 0.264 e. The predicted octanol–water partition coefficient (Wildman–Crippen LogP) is 22.6. The van der Waals surface area contributed by atoms with Gasteiger partial charge in [0.1, 0.15) is 0 Å². The van der Waals surface area contributed by atoms with Gasteiger partial charge in [0.2, 0.25) is 0 Å². The Labute approximate surface area is 534 Å². The molecule has 3 aliphatic rings. The monoisotopic (exact) mass is 1180 g/mol. The second kappa shape index (κ2) is 20.6. The Kier molecular flexibility index (Phi) is 14.4. The van der Waals surface area contributed by atoms with Crippen molar-refractivity contribution in [2.45, 2.75) is 215 Å². The third-order valence-electron chi connectivity index (χ3n) is 20.1. The van der Waals surface area contributed by atoms with Gasteiger partial charge in [0.05, 0.1) is 11.4 Å². The van der Waals surface area contributed by atoms with E-state index in [0.717, 1.165) is 23.5 Å². The highest BCUT2D eigenvalue weighted by Crippen LogP contribution is 2.54. The number of anilines is 9. The van der Waals surface area contributed by atoms with Crippen molar-refractivity contribution < 1.29 is 0 Å². The van der Waals surface area contributed by atoms with E-state index in [2.05, 4.69) is 326 Å². The molecule has 0 radical (unpaired) electrons. The van der Waals surface area contributed by atoms with Crippen LogP contribution in [0.2, 0.25) is 0 Å². The molecule has 454 valence electrons. The second-order valence-corrected chi connectivity index (χ2v) is 35.1. The van der Waals surface area contributed by atoms with Crippen molar-refractivity contribution >= 4 is 95.0 Å². The normalized spacial score (nSPS) is 15.7. The minimum Gasteiger partial charge on any atom is -0.311 e. The Morgan fingerprint density at radius 2 is 0.886 bits per heavy atom. The molecule has 12 rings (SSSR count). The molecular formula is C83H98BN3S. The Morgan fingerprint density at radius 1 is 0.409 bits per heavy atom. The molecule has 0 saturated heterocycles. The van der Waals surface area contributed by atoms with Crippen LogP contribution in [0.1, 0.15) is 215 Å². The van der Waals surface area contributed by atoms with E-state index >= 15 is 0 Å². The summed E-state index contributed by atoms with van der Waals surface area (Å²) >= 11 is 2.00.